The number of nitrogens with one attached hydrogen (secondary N) is 3. The van der Waals surface area contributed by atoms with Crippen molar-refractivity contribution in [3.05, 3.63) is 0 Å². The van der Waals surface area contributed by atoms with Crippen LogP contribution in [-0.2, 0) is 28.4 Å². The minimum atomic E-state index is -1.39. The molecule has 4 heterocycles. The quantitative estimate of drug-likeness (QED) is 0.0276. The third kappa shape index (κ3) is 26.9. The number of hydrogen-bond donors (Lipinski definition) is 4. The lowest BCUT2D eigenvalue weighted by Gasteiger charge is -2.44. The molecule has 0 spiro atoms. The smallest absolute Gasteiger partial charge is 0.407 e. The molecule has 0 radical (unpaired) electrons. The van der Waals surface area contributed by atoms with Gasteiger partial charge in [0, 0.05) is 116 Å². The lowest BCUT2D eigenvalue weighted by molar-refractivity contribution is -0.0937. The monoisotopic (exact) mass is 1070 g/mol. The molecule has 4 saturated heterocycles. The number of aliphatic hydroxyl groups is 1. The summed E-state index contributed by atoms with van der Waals surface area (Å²) in [4.78, 5) is 76.5. The standard InChI is InChI=1S/C54H101N9O12/c1-7-10-31-70-40-46(37-58-34-43(58)4)73-49(64)55-25-19-13-16-22-28-61-52(67)62(29-23-17-14-20-26-56-50(65)74-47(38-59-35-44(59)5)41-71-32-11-8-2)54(69)63(53(61)68)30-24-18-15-21-27-57-51(66)75-48(39-60-36-45(60)6)42-72-33-12-9-3/h43-48,52,67H,7-42H2,1-6H3,(H,55,64)(H,56,65)(H,57,66). The van der Waals surface area contributed by atoms with Crippen molar-refractivity contribution in [1.82, 2.24) is 45.3 Å². The minimum absolute atomic E-state index is 0.205. The van der Waals surface area contributed by atoms with Gasteiger partial charge in [0.05, 0.1) is 19.8 Å². The zero-order chi connectivity index (χ0) is 54.2. The van der Waals surface area contributed by atoms with Crippen molar-refractivity contribution in [3.63, 3.8) is 0 Å². The molecule has 21 heteroatoms. The Hall–Kier alpha value is -3.73. The molecule has 4 N–H and O–H groups in total. The topological polar surface area (TPSA) is 216 Å². The molecule has 0 bridgehead atoms. The van der Waals surface area contributed by atoms with Crippen molar-refractivity contribution in [2.75, 3.05) is 118 Å². The van der Waals surface area contributed by atoms with Gasteiger partial charge in [-0.25, -0.2) is 28.9 Å². The van der Waals surface area contributed by atoms with Crippen LogP contribution < -0.4 is 16.0 Å². The average molecular weight is 1070 g/mol. The first-order chi connectivity index (χ1) is 36.3. The van der Waals surface area contributed by atoms with E-state index in [1.54, 1.807) is 0 Å². The molecule has 7 amide bonds. The summed E-state index contributed by atoms with van der Waals surface area (Å²) >= 11 is 0. The second-order valence-corrected chi connectivity index (χ2v) is 21.2. The number of ether oxygens (including phenoxy) is 6. The number of unbranched alkanes of at least 4 members (excludes halogenated alkanes) is 12. The van der Waals surface area contributed by atoms with E-state index in [4.69, 9.17) is 28.4 Å². The van der Waals surface area contributed by atoms with Gasteiger partial charge in [-0.3, -0.25) is 24.5 Å². The normalized spacial score (nSPS) is 23.1. The summed E-state index contributed by atoms with van der Waals surface area (Å²) in [5, 5.41) is 20.1. The van der Waals surface area contributed by atoms with Crippen LogP contribution in [0.4, 0.5) is 24.0 Å². The van der Waals surface area contributed by atoms with Crippen LogP contribution in [0.25, 0.3) is 0 Å². The Labute approximate surface area is 450 Å². The van der Waals surface area contributed by atoms with Gasteiger partial charge >= 0.3 is 30.3 Å². The van der Waals surface area contributed by atoms with Gasteiger partial charge in [0.2, 0.25) is 6.35 Å². The SMILES string of the molecule is CCCCOCC(CN1CC1C)OC(=O)NCCCCCCN1C(=O)N(CCCCCCNC(=O)OC(COCCCC)CN2CC2C)C(O)N(CCCCCCNC(=O)OC(COCCCC)CN2CC2C)C1=O. The van der Waals surface area contributed by atoms with Gasteiger partial charge in [-0.2, -0.15) is 0 Å². The van der Waals surface area contributed by atoms with Crippen LogP contribution in [-0.4, -0.2) is 226 Å². The second kappa shape index (κ2) is 37.1. The molecule has 0 aromatic carbocycles. The summed E-state index contributed by atoms with van der Waals surface area (Å²) in [7, 11) is 0. The Balaban J connectivity index is 1.19. The van der Waals surface area contributed by atoms with E-state index in [1.807, 2.05) is 0 Å². The molecule has 4 aliphatic heterocycles. The maximum atomic E-state index is 13.9. The first-order valence-corrected chi connectivity index (χ1v) is 29.2. The Bertz CT molecular complexity index is 1540. The van der Waals surface area contributed by atoms with Crippen LogP contribution >= 0.6 is 0 Å². The molecule has 9 unspecified atom stereocenters. The van der Waals surface area contributed by atoms with Crippen LogP contribution in [0.15, 0.2) is 0 Å². The molecule has 0 saturated carbocycles. The number of amides is 7. The summed E-state index contributed by atoms with van der Waals surface area (Å²) in [6.07, 6.45) is 10.8. The van der Waals surface area contributed by atoms with E-state index < -0.39 is 36.7 Å². The van der Waals surface area contributed by atoms with Crippen molar-refractivity contribution >= 4 is 30.3 Å². The van der Waals surface area contributed by atoms with E-state index in [-0.39, 0.29) is 37.9 Å². The van der Waals surface area contributed by atoms with Gasteiger partial charge in [0.25, 0.3) is 0 Å². The first kappa shape index (κ1) is 63.8. The molecule has 4 rings (SSSR count). The van der Waals surface area contributed by atoms with Crippen LogP contribution in [0.3, 0.4) is 0 Å². The highest BCUT2D eigenvalue weighted by molar-refractivity contribution is 5.96. The van der Waals surface area contributed by atoms with Crippen LogP contribution in [0.2, 0.25) is 0 Å². The molecule has 434 valence electrons. The van der Waals surface area contributed by atoms with Gasteiger partial charge in [-0.05, 0) is 78.6 Å². The Kier molecular flexibility index (Phi) is 31.6. The maximum Gasteiger partial charge on any atom is 0.407 e. The third-order valence-electron chi connectivity index (χ3n) is 14.2. The summed E-state index contributed by atoms with van der Waals surface area (Å²) < 4.78 is 34.4. The molecule has 9 atom stereocenters. The average Bonchev–Trinajstić information content (AvgIpc) is 4.35. The minimum Gasteiger partial charge on any atom is -0.442 e. The fourth-order valence-corrected chi connectivity index (χ4v) is 8.97. The number of hydrogen-bond acceptors (Lipinski definition) is 15. The molecule has 0 aromatic heterocycles. The van der Waals surface area contributed by atoms with Gasteiger partial charge in [0.15, 0.2) is 0 Å². The summed E-state index contributed by atoms with van der Waals surface area (Å²) in [6, 6.07) is 0.466. The highest BCUT2D eigenvalue weighted by atomic mass is 16.6. The number of nitrogens with zero attached hydrogens (tertiary/aromatic N) is 6. The van der Waals surface area contributed by atoms with Crippen molar-refractivity contribution in [2.24, 2.45) is 0 Å². The molecule has 75 heavy (non-hydrogen) atoms. The number of carbonyl (C=O) groups excluding carboxylic acids is 5. The zero-order valence-electron chi connectivity index (χ0n) is 47.1. The second-order valence-electron chi connectivity index (χ2n) is 21.2. The van der Waals surface area contributed by atoms with Gasteiger partial charge < -0.3 is 49.5 Å². The van der Waals surface area contributed by atoms with Crippen LogP contribution in [0, 0.1) is 0 Å². The predicted molar refractivity (Wildman–Crippen MR) is 287 cm³/mol. The summed E-state index contributed by atoms with van der Waals surface area (Å²) in [5.41, 5.74) is 0. The van der Waals surface area contributed by atoms with Crippen molar-refractivity contribution in [2.45, 2.75) is 200 Å². The molecule has 4 fully saturated rings. The van der Waals surface area contributed by atoms with E-state index in [0.29, 0.717) is 123 Å². The number of aliphatic hydroxyl groups excluding tert-OH is 1. The van der Waals surface area contributed by atoms with Crippen LogP contribution in [0.1, 0.15) is 157 Å². The molecular formula is C54H101N9O12. The number of alkyl carbamates (subject to hydrolysis) is 3. The molecule has 4 aliphatic rings. The van der Waals surface area contributed by atoms with Crippen molar-refractivity contribution in [3.8, 4) is 0 Å². The Morgan fingerprint density at radius 1 is 0.480 bits per heavy atom. The van der Waals surface area contributed by atoms with E-state index in [2.05, 4.69) is 72.2 Å². The van der Waals surface area contributed by atoms with Crippen molar-refractivity contribution < 1.29 is 57.5 Å². The zero-order valence-corrected chi connectivity index (χ0v) is 47.1. The Morgan fingerprint density at radius 2 is 0.773 bits per heavy atom. The summed E-state index contributed by atoms with van der Waals surface area (Å²) in [6.45, 7) is 22.8. The van der Waals surface area contributed by atoms with Gasteiger partial charge in [-0.1, -0.05) is 78.6 Å². The van der Waals surface area contributed by atoms with E-state index in [0.717, 1.165) is 110 Å². The highest BCUT2D eigenvalue weighted by Crippen LogP contribution is 2.23. The highest BCUT2D eigenvalue weighted by Gasteiger charge is 2.42. The van der Waals surface area contributed by atoms with E-state index in [9.17, 15) is 29.1 Å². The number of imide groups is 1. The molecule has 0 aromatic rings. The largest absolute Gasteiger partial charge is 0.442 e. The van der Waals surface area contributed by atoms with Crippen LogP contribution in [0.5, 0.6) is 0 Å². The first-order valence-electron chi connectivity index (χ1n) is 29.2. The number of urea groups is 2. The lowest BCUT2D eigenvalue weighted by atomic mass is 10.1. The fourth-order valence-electron chi connectivity index (χ4n) is 8.97. The summed E-state index contributed by atoms with van der Waals surface area (Å²) in [5.74, 6) is 0. The fraction of sp³-hybridized carbons (Fsp3) is 0.907. The molecule has 0 aliphatic carbocycles. The maximum absolute atomic E-state index is 13.9. The van der Waals surface area contributed by atoms with E-state index >= 15 is 0 Å². The van der Waals surface area contributed by atoms with E-state index in [1.165, 1.54) is 14.7 Å². The Morgan fingerprint density at radius 3 is 1.07 bits per heavy atom. The van der Waals surface area contributed by atoms with Gasteiger partial charge in [-0.15, -0.1) is 0 Å². The predicted octanol–water partition coefficient (Wildman–Crippen LogP) is 6.95. The number of carbonyl (C=O) groups is 5. The third-order valence-corrected chi connectivity index (χ3v) is 14.2. The van der Waals surface area contributed by atoms with Gasteiger partial charge in [0.1, 0.15) is 18.3 Å². The molecule has 21 nitrogen and oxygen atoms in total. The number of rotatable bonds is 45. The molecular weight excluding hydrogens is 967 g/mol. The van der Waals surface area contributed by atoms with Crippen molar-refractivity contribution in [1.29, 1.82) is 0 Å². The lowest BCUT2D eigenvalue weighted by Crippen LogP contribution is -2.66.